The van der Waals surface area contributed by atoms with Crippen LogP contribution < -0.4 is 0 Å². The molecule has 0 heterocycles. The van der Waals surface area contributed by atoms with Crippen LogP contribution in [0.2, 0.25) is 0 Å². The van der Waals surface area contributed by atoms with Gasteiger partial charge in [0.05, 0.1) is 0 Å². The summed E-state index contributed by atoms with van der Waals surface area (Å²) in [5, 5.41) is 1.52. The van der Waals surface area contributed by atoms with Crippen LogP contribution in [0.1, 0.15) is 34.1 Å². The van der Waals surface area contributed by atoms with E-state index in [2.05, 4.69) is 45.6 Å². The highest BCUT2D eigenvalue weighted by atomic mass is 31.1. The van der Waals surface area contributed by atoms with Gasteiger partial charge in [-0.3, -0.25) is 0 Å². The van der Waals surface area contributed by atoms with Gasteiger partial charge in [-0.15, -0.1) is 0 Å². The molecule has 1 rings (SSSR count). The summed E-state index contributed by atoms with van der Waals surface area (Å²) in [6, 6.07) is 0. The summed E-state index contributed by atoms with van der Waals surface area (Å²) < 4.78 is 0. The van der Waals surface area contributed by atoms with Crippen LogP contribution in [0.25, 0.3) is 0 Å². The van der Waals surface area contributed by atoms with Gasteiger partial charge >= 0.3 is 0 Å². The van der Waals surface area contributed by atoms with E-state index in [1.807, 2.05) is 0 Å². The molecule has 0 nitrogen and oxygen atoms in total. The van der Waals surface area contributed by atoms with E-state index in [0.717, 1.165) is 15.0 Å². The van der Waals surface area contributed by atoms with Crippen molar-refractivity contribution in [2.75, 3.05) is 6.16 Å². The minimum Gasteiger partial charge on any atom is -0.0938 e. The Hall–Kier alpha value is -0.530. The van der Waals surface area contributed by atoms with Gasteiger partial charge in [0.15, 0.2) is 0 Å². The zero-order chi connectivity index (χ0) is 10.6. The topological polar surface area (TPSA) is 0 Å². The lowest BCUT2D eigenvalue weighted by atomic mass is 10.0. The van der Waals surface area contributed by atoms with Crippen molar-refractivity contribution < 1.29 is 0 Å². The largest absolute Gasteiger partial charge is 0.0938 e. The summed E-state index contributed by atoms with van der Waals surface area (Å²) in [6.07, 6.45) is 4.52. The number of hydrogen-bond acceptors (Lipinski definition) is 0. The van der Waals surface area contributed by atoms with E-state index in [4.69, 9.17) is 0 Å². The maximum atomic E-state index is 3.27. The Labute approximate surface area is 89.6 Å². The molecule has 1 atom stereocenters. The second-order valence-electron chi connectivity index (χ2n) is 3.96. The molecule has 1 heteroatoms. The van der Waals surface area contributed by atoms with E-state index in [-0.39, 0.29) is 0 Å². The Morgan fingerprint density at radius 2 is 2.21 bits per heavy atom. The quantitative estimate of drug-likeness (QED) is 0.484. The van der Waals surface area contributed by atoms with Crippen LogP contribution in [-0.4, -0.2) is 6.16 Å². The molecule has 0 N–H and O–H groups in total. The fourth-order valence-electron chi connectivity index (χ4n) is 1.39. The van der Waals surface area contributed by atoms with E-state index < -0.39 is 0 Å². The molecular weight excluding hydrogens is 187 g/mol. The Kier molecular flexibility index (Phi) is 4.43. The van der Waals surface area contributed by atoms with Crippen molar-refractivity contribution >= 4 is 8.58 Å². The van der Waals surface area contributed by atoms with E-state index in [9.17, 15) is 0 Å². The van der Waals surface area contributed by atoms with E-state index in [1.54, 1.807) is 0 Å². The van der Waals surface area contributed by atoms with Gasteiger partial charge in [-0.05, 0) is 30.4 Å². The zero-order valence-electron chi connectivity index (χ0n) is 9.57. The molecule has 76 valence electrons. The Morgan fingerprint density at radius 1 is 1.50 bits per heavy atom. The van der Waals surface area contributed by atoms with Gasteiger partial charge in [0.2, 0.25) is 0 Å². The van der Waals surface area contributed by atoms with Gasteiger partial charge in [-0.2, -0.15) is 0 Å². The fourth-order valence-corrected chi connectivity index (χ4v) is 2.42. The SMILES string of the molecule is CCPC1=C(C)CC#CC(C(C)C)=C1. The molecule has 0 aliphatic heterocycles. The molecule has 0 aromatic heterocycles. The van der Waals surface area contributed by atoms with E-state index in [1.165, 1.54) is 22.6 Å². The van der Waals surface area contributed by atoms with Crippen LogP contribution in [0.5, 0.6) is 0 Å². The first kappa shape index (κ1) is 11.5. The number of allylic oxidation sites excluding steroid dienone is 4. The average Bonchev–Trinajstić information content (AvgIpc) is 2.30. The molecule has 0 aromatic rings. The van der Waals surface area contributed by atoms with Crippen LogP contribution in [0.15, 0.2) is 22.5 Å². The predicted molar refractivity (Wildman–Crippen MR) is 66.9 cm³/mol. The van der Waals surface area contributed by atoms with Crippen molar-refractivity contribution in [2.24, 2.45) is 5.92 Å². The van der Waals surface area contributed by atoms with Crippen molar-refractivity contribution in [3.05, 3.63) is 22.5 Å². The third kappa shape index (κ3) is 3.00. The van der Waals surface area contributed by atoms with Crippen LogP contribution in [0, 0.1) is 17.8 Å². The summed E-state index contributed by atoms with van der Waals surface area (Å²) in [7, 11) is 0.942. The molecule has 0 radical (unpaired) electrons. The molecule has 0 spiro atoms. The zero-order valence-corrected chi connectivity index (χ0v) is 10.6. The summed E-state index contributed by atoms with van der Waals surface area (Å²) in [6.45, 7) is 8.89. The van der Waals surface area contributed by atoms with Gasteiger partial charge in [0.1, 0.15) is 0 Å². The molecule has 0 aromatic carbocycles. The lowest BCUT2D eigenvalue weighted by molar-refractivity contribution is 0.798. The maximum Gasteiger partial charge on any atom is 0.0309 e. The first-order valence-electron chi connectivity index (χ1n) is 5.29. The van der Waals surface area contributed by atoms with E-state index >= 15 is 0 Å². The van der Waals surface area contributed by atoms with Crippen LogP contribution in [0.3, 0.4) is 0 Å². The molecule has 0 saturated heterocycles. The first-order chi connectivity index (χ1) is 6.65. The predicted octanol–water partition coefficient (Wildman–Crippen LogP) is 3.95. The van der Waals surface area contributed by atoms with Crippen LogP contribution in [0.4, 0.5) is 0 Å². The fraction of sp³-hybridized carbons (Fsp3) is 0.538. The number of hydrogen-bond donors (Lipinski definition) is 0. The molecule has 14 heavy (non-hydrogen) atoms. The Balaban J connectivity index is 2.96. The summed E-state index contributed by atoms with van der Waals surface area (Å²) in [5.41, 5.74) is 2.77. The van der Waals surface area contributed by atoms with Gasteiger partial charge < -0.3 is 0 Å². The van der Waals surface area contributed by atoms with Crippen molar-refractivity contribution in [1.29, 1.82) is 0 Å². The van der Waals surface area contributed by atoms with Gasteiger partial charge in [0.25, 0.3) is 0 Å². The second-order valence-corrected chi connectivity index (χ2v) is 5.56. The van der Waals surface area contributed by atoms with Crippen molar-refractivity contribution in [2.45, 2.75) is 34.1 Å². The van der Waals surface area contributed by atoms with Crippen LogP contribution >= 0.6 is 8.58 Å². The normalized spacial score (nSPS) is 17.1. The molecule has 1 aliphatic carbocycles. The third-order valence-corrected chi connectivity index (χ3v) is 3.64. The third-order valence-electron chi connectivity index (χ3n) is 2.34. The minimum absolute atomic E-state index is 0.560. The van der Waals surface area contributed by atoms with Crippen molar-refractivity contribution in [3.63, 3.8) is 0 Å². The first-order valence-corrected chi connectivity index (χ1v) is 6.50. The van der Waals surface area contributed by atoms with Gasteiger partial charge in [-0.25, -0.2) is 0 Å². The number of rotatable bonds is 3. The summed E-state index contributed by atoms with van der Waals surface area (Å²) >= 11 is 0. The monoisotopic (exact) mass is 206 g/mol. The lowest BCUT2D eigenvalue weighted by Crippen LogP contribution is -1.90. The Bertz CT molecular complexity index is 321. The smallest absolute Gasteiger partial charge is 0.0309 e. The molecule has 0 amide bonds. The van der Waals surface area contributed by atoms with Crippen molar-refractivity contribution in [3.8, 4) is 11.8 Å². The maximum absolute atomic E-state index is 3.27. The highest BCUT2D eigenvalue weighted by Gasteiger charge is 2.06. The summed E-state index contributed by atoms with van der Waals surface area (Å²) in [4.78, 5) is 0. The summed E-state index contributed by atoms with van der Waals surface area (Å²) in [5.74, 6) is 7.08. The van der Waals surface area contributed by atoms with Gasteiger partial charge in [-0.1, -0.05) is 46.8 Å². The average molecular weight is 206 g/mol. The lowest BCUT2D eigenvalue weighted by Gasteiger charge is -2.07. The molecule has 0 fully saturated rings. The van der Waals surface area contributed by atoms with E-state index in [0.29, 0.717) is 5.92 Å². The van der Waals surface area contributed by atoms with Gasteiger partial charge in [0, 0.05) is 12.0 Å². The highest BCUT2D eigenvalue weighted by molar-refractivity contribution is 7.43. The standard InChI is InChI=1S/C13H19P/c1-5-14-13-9-12(10(2)3)8-6-7-11(13)4/h9-10,14H,5,7H2,1-4H3. The highest BCUT2D eigenvalue weighted by Crippen LogP contribution is 2.32. The minimum atomic E-state index is 0.560. The second kappa shape index (κ2) is 5.38. The molecule has 0 saturated carbocycles. The molecule has 0 bridgehead atoms. The molecular formula is C13H19P. The molecule has 1 unspecified atom stereocenters. The molecule has 1 aliphatic rings. The Morgan fingerprint density at radius 3 is 2.79 bits per heavy atom. The van der Waals surface area contributed by atoms with Crippen molar-refractivity contribution in [1.82, 2.24) is 0 Å². The van der Waals surface area contributed by atoms with Crippen LogP contribution in [-0.2, 0) is 0 Å².